The van der Waals surface area contributed by atoms with Crippen molar-refractivity contribution in [2.75, 3.05) is 4.90 Å². The molecule has 2 aliphatic rings. The summed E-state index contributed by atoms with van der Waals surface area (Å²) in [6.45, 7) is 0. The highest BCUT2D eigenvalue weighted by molar-refractivity contribution is 7.21. The van der Waals surface area contributed by atoms with E-state index in [1.54, 1.807) is 6.20 Å². The molecule has 11 rings (SSSR count). The van der Waals surface area contributed by atoms with Gasteiger partial charge in [0.05, 0.1) is 33.7 Å². The molecule has 5 nitrogen and oxygen atoms in total. The summed E-state index contributed by atoms with van der Waals surface area (Å²) in [5.74, 6) is 0.599. The minimum Gasteiger partial charge on any atom is -0.310 e. The van der Waals surface area contributed by atoms with Crippen LogP contribution in [0.5, 0.6) is 0 Å². The van der Waals surface area contributed by atoms with E-state index >= 15 is 0 Å². The summed E-state index contributed by atoms with van der Waals surface area (Å²) in [5.41, 5.74) is 13.7. The molecule has 0 saturated carbocycles. The summed E-state index contributed by atoms with van der Waals surface area (Å²) < 4.78 is 0. The Morgan fingerprint density at radius 2 is 1.17 bits per heavy atom. The molecule has 0 radical (unpaired) electrons. The molecule has 6 heterocycles. The summed E-state index contributed by atoms with van der Waals surface area (Å²) in [5, 5.41) is 5.64. The van der Waals surface area contributed by atoms with E-state index in [1.807, 2.05) is 71.3 Å². The fraction of sp³-hybridized carbons (Fsp3) is 0.0222. The van der Waals surface area contributed by atoms with Crippen molar-refractivity contribution >= 4 is 50.6 Å². The van der Waals surface area contributed by atoms with Crippen molar-refractivity contribution in [2.45, 2.75) is 5.41 Å². The van der Waals surface area contributed by atoms with Gasteiger partial charge in [0.1, 0.15) is 5.69 Å². The average Bonchev–Trinajstić information content (AvgIpc) is 3.95. The lowest BCUT2D eigenvalue weighted by molar-refractivity contribution is 0.757. The Morgan fingerprint density at radius 1 is 0.481 bits per heavy atom. The van der Waals surface area contributed by atoms with Crippen molar-refractivity contribution in [1.82, 2.24) is 19.9 Å². The first kappa shape index (κ1) is 29.5. The summed E-state index contributed by atoms with van der Waals surface area (Å²) >= 11 is 3.69. The Balaban J connectivity index is 1.11. The van der Waals surface area contributed by atoms with Gasteiger partial charge in [0.2, 0.25) is 0 Å². The minimum absolute atomic E-state index is 0.423. The molecule has 9 aromatic rings. The van der Waals surface area contributed by atoms with E-state index in [0.717, 1.165) is 50.5 Å². The Bertz CT molecular complexity index is 2710. The first-order valence-electron chi connectivity index (χ1n) is 17.2. The Morgan fingerprint density at radius 3 is 1.92 bits per heavy atom. The molecule has 4 aromatic carbocycles. The number of pyridine rings is 2. The number of aromatic nitrogens is 4. The first-order chi connectivity index (χ1) is 25.8. The monoisotopic (exact) mass is 701 g/mol. The van der Waals surface area contributed by atoms with Crippen LogP contribution in [-0.2, 0) is 5.41 Å². The molecule has 0 atom stereocenters. The fourth-order valence-corrected chi connectivity index (χ4v) is 10.3. The zero-order valence-electron chi connectivity index (χ0n) is 27.6. The molecule has 244 valence electrons. The van der Waals surface area contributed by atoms with Gasteiger partial charge >= 0.3 is 0 Å². The van der Waals surface area contributed by atoms with Crippen LogP contribution in [0.25, 0.3) is 54.7 Å². The maximum absolute atomic E-state index is 5.03. The van der Waals surface area contributed by atoms with Gasteiger partial charge in [-0.2, -0.15) is 0 Å². The van der Waals surface area contributed by atoms with Gasteiger partial charge in [0.25, 0.3) is 0 Å². The lowest BCUT2D eigenvalue weighted by Gasteiger charge is -2.44. The van der Waals surface area contributed by atoms with Crippen LogP contribution in [0.2, 0.25) is 0 Å². The maximum Gasteiger partial charge on any atom is 0.179 e. The van der Waals surface area contributed by atoms with E-state index in [9.17, 15) is 0 Å². The molecule has 0 N–H and O–H groups in total. The Hall–Kier alpha value is -6.28. The lowest BCUT2D eigenvalue weighted by atomic mass is 9.65. The summed E-state index contributed by atoms with van der Waals surface area (Å²) in [6, 6.07) is 49.4. The summed E-state index contributed by atoms with van der Waals surface area (Å²) in [4.78, 5) is 24.5. The second kappa shape index (κ2) is 11.4. The largest absolute Gasteiger partial charge is 0.310 e. The third-order valence-electron chi connectivity index (χ3n) is 10.4. The summed E-state index contributed by atoms with van der Waals surface area (Å²) in [7, 11) is 0. The van der Waals surface area contributed by atoms with Gasteiger partial charge in [-0.25, -0.2) is 9.97 Å². The van der Waals surface area contributed by atoms with Gasteiger partial charge in [-0.05, 0) is 99.7 Å². The van der Waals surface area contributed by atoms with Crippen LogP contribution in [0.4, 0.5) is 17.1 Å². The van der Waals surface area contributed by atoms with E-state index in [1.165, 1.54) is 37.7 Å². The SMILES string of the molecule is c1ccc(-c2cc(-c3ccc(N4c5ccccc5C5(c6cc7cccnc7cc64)c4ccsc4-c4sccc45)cc3)nc(-c3ccccn3)n2)cc1. The molecule has 5 aromatic heterocycles. The number of fused-ring (bicyclic) bond motifs is 10. The fourth-order valence-electron chi connectivity index (χ4n) is 8.16. The highest BCUT2D eigenvalue weighted by Crippen LogP contribution is 2.65. The summed E-state index contributed by atoms with van der Waals surface area (Å²) in [6.07, 6.45) is 3.66. The molecule has 0 bridgehead atoms. The van der Waals surface area contributed by atoms with Crippen LogP contribution >= 0.6 is 22.7 Å². The molecule has 52 heavy (non-hydrogen) atoms. The number of hydrogen-bond donors (Lipinski definition) is 0. The number of anilines is 3. The lowest BCUT2D eigenvalue weighted by Crippen LogP contribution is -2.35. The van der Waals surface area contributed by atoms with E-state index in [-0.39, 0.29) is 0 Å². The van der Waals surface area contributed by atoms with E-state index < -0.39 is 5.41 Å². The predicted octanol–water partition coefficient (Wildman–Crippen LogP) is 11.7. The van der Waals surface area contributed by atoms with Crippen molar-refractivity contribution in [3.8, 4) is 43.8 Å². The van der Waals surface area contributed by atoms with Crippen LogP contribution in [0, 0.1) is 0 Å². The van der Waals surface area contributed by atoms with E-state index in [4.69, 9.17) is 15.0 Å². The number of benzene rings is 4. The van der Waals surface area contributed by atoms with Gasteiger partial charge in [0.15, 0.2) is 5.82 Å². The number of nitrogens with zero attached hydrogens (tertiary/aromatic N) is 5. The maximum atomic E-state index is 5.03. The molecule has 0 fully saturated rings. The molecular formula is C45H27N5S2. The smallest absolute Gasteiger partial charge is 0.179 e. The topological polar surface area (TPSA) is 54.8 Å². The predicted molar refractivity (Wildman–Crippen MR) is 213 cm³/mol. The second-order valence-electron chi connectivity index (χ2n) is 13.1. The average molecular weight is 702 g/mol. The molecule has 1 aliphatic heterocycles. The Kier molecular flexibility index (Phi) is 6.44. The van der Waals surface area contributed by atoms with E-state index in [0.29, 0.717) is 5.82 Å². The van der Waals surface area contributed by atoms with Gasteiger partial charge in [0, 0.05) is 44.3 Å². The standard InChI is InChI=1S/C45H27N5S2/c1-2-9-28(10-3-1)38-26-39(49-44(48-38)36-13-6-7-21-46-36)29-15-17-31(18-16-29)50-40-14-5-4-12-32(40)45(33-19-23-51-42(33)43-34(45)20-24-52-43)35-25-30-11-8-22-47-37(30)27-41(35)50/h1-27H. The van der Waals surface area contributed by atoms with Crippen molar-refractivity contribution in [2.24, 2.45) is 0 Å². The molecule has 1 spiro atoms. The zero-order valence-corrected chi connectivity index (χ0v) is 29.3. The number of hydrogen-bond acceptors (Lipinski definition) is 7. The zero-order chi connectivity index (χ0) is 34.2. The molecule has 1 aliphatic carbocycles. The first-order valence-corrected chi connectivity index (χ1v) is 18.9. The van der Waals surface area contributed by atoms with E-state index in [2.05, 4.69) is 118 Å². The minimum atomic E-state index is -0.423. The van der Waals surface area contributed by atoms with Gasteiger partial charge in [-0.3, -0.25) is 9.97 Å². The molecule has 0 amide bonds. The third-order valence-corrected chi connectivity index (χ3v) is 12.4. The number of thiophene rings is 2. The van der Waals surface area contributed by atoms with Crippen LogP contribution in [0.1, 0.15) is 22.3 Å². The highest BCUT2D eigenvalue weighted by Gasteiger charge is 2.53. The highest BCUT2D eigenvalue weighted by atomic mass is 32.1. The molecule has 0 unspecified atom stereocenters. The van der Waals surface area contributed by atoms with Crippen LogP contribution < -0.4 is 4.90 Å². The number of para-hydroxylation sites is 1. The van der Waals surface area contributed by atoms with Gasteiger partial charge in [-0.15, -0.1) is 22.7 Å². The van der Waals surface area contributed by atoms with Crippen LogP contribution in [-0.4, -0.2) is 19.9 Å². The van der Waals surface area contributed by atoms with Crippen LogP contribution in [0.15, 0.2) is 163 Å². The van der Waals surface area contributed by atoms with Gasteiger partial charge in [-0.1, -0.05) is 72.8 Å². The second-order valence-corrected chi connectivity index (χ2v) is 14.9. The van der Waals surface area contributed by atoms with Crippen LogP contribution in [0.3, 0.4) is 0 Å². The third kappa shape index (κ3) is 4.21. The molecule has 0 saturated heterocycles. The van der Waals surface area contributed by atoms with Crippen molar-refractivity contribution in [3.63, 3.8) is 0 Å². The van der Waals surface area contributed by atoms with Crippen molar-refractivity contribution < 1.29 is 0 Å². The molecule has 7 heteroatoms. The normalized spacial score (nSPS) is 13.5. The van der Waals surface area contributed by atoms with Crippen molar-refractivity contribution in [1.29, 1.82) is 0 Å². The molecular weight excluding hydrogens is 675 g/mol. The Labute approximate surface area is 308 Å². The quantitative estimate of drug-likeness (QED) is 0.183. The van der Waals surface area contributed by atoms with Gasteiger partial charge < -0.3 is 4.90 Å². The van der Waals surface area contributed by atoms with Crippen molar-refractivity contribution in [3.05, 3.63) is 185 Å². The number of rotatable bonds is 4.